The molecule has 4 atom stereocenters. The number of anilines is 1. The van der Waals surface area contributed by atoms with Crippen molar-refractivity contribution in [2.75, 3.05) is 18.5 Å². The van der Waals surface area contributed by atoms with Crippen molar-refractivity contribution >= 4 is 40.2 Å². The van der Waals surface area contributed by atoms with Gasteiger partial charge in [0.05, 0.1) is 19.5 Å². The molecule has 2 aromatic carbocycles. The quantitative estimate of drug-likeness (QED) is 0.225. The summed E-state index contributed by atoms with van der Waals surface area (Å²) in [4.78, 5) is 13.5. The molecule has 0 amide bonds. The highest BCUT2D eigenvalue weighted by Crippen LogP contribution is 2.33. The first-order valence-electron chi connectivity index (χ1n) is 11.7. The van der Waals surface area contributed by atoms with Gasteiger partial charge in [0.25, 0.3) is 0 Å². The third-order valence-electron chi connectivity index (χ3n) is 6.42. The number of aliphatic hydroxyl groups is 3. The molecule has 4 unspecified atom stereocenters. The smallest absolute Gasteiger partial charge is 0.168 e. The highest BCUT2D eigenvalue weighted by molar-refractivity contribution is 6.31. The zero-order valence-electron chi connectivity index (χ0n) is 19.6. The summed E-state index contributed by atoms with van der Waals surface area (Å²) in [5.41, 5.74) is 8.67. The minimum atomic E-state index is -1.28. The molecule has 1 aliphatic heterocycles. The number of benzene rings is 2. The van der Waals surface area contributed by atoms with Gasteiger partial charge in [0.15, 0.2) is 23.2 Å². The Morgan fingerprint density at radius 3 is 2.27 bits per heavy atom. The zero-order valence-corrected chi connectivity index (χ0v) is 21.1. The van der Waals surface area contributed by atoms with Crippen LogP contribution in [0.25, 0.3) is 11.2 Å². The van der Waals surface area contributed by atoms with E-state index in [2.05, 4.69) is 20.3 Å². The van der Waals surface area contributed by atoms with Crippen molar-refractivity contribution in [1.82, 2.24) is 19.5 Å². The summed E-state index contributed by atoms with van der Waals surface area (Å²) in [6.07, 6.45) is -3.00. The molecule has 1 saturated heterocycles. The van der Waals surface area contributed by atoms with Crippen LogP contribution in [0.15, 0.2) is 54.9 Å². The molecule has 1 aliphatic rings. The lowest BCUT2D eigenvalue weighted by atomic mass is 9.91. The molecule has 2 aromatic heterocycles. The van der Waals surface area contributed by atoms with Gasteiger partial charge < -0.3 is 31.1 Å². The number of halogens is 2. The first-order valence-corrected chi connectivity index (χ1v) is 12.5. The Morgan fingerprint density at radius 1 is 1.03 bits per heavy atom. The predicted octanol–water partition coefficient (Wildman–Crippen LogP) is 2.45. The number of nitrogens with two attached hydrogens (primary N) is 1. The van der Waals surface area contributed by atoms with Crippen LogP contribution in [-0.4, -0.2) is 66.3 Å². The van der Waals surface area contributed by atoms with Crippen molar-refractivity contribution in [3.8, 4) is 0 Å². The van der Waals surface area contributed by atoms with Crippen LogP contribution in [0, 0.1) is 0 Å². The number of aliphatic hydroxyl groups excluding tert-OH is 3. The predicted molar refractivity (Wildman–Crippen MR) is 139 cm³/mol. The highest BCUT2D eigenvalue weighted by Gasteiger charge is 2.44. The first kappa shape index (κ1) is 25.8. The van der Waals surface area contributed by atoms with E-state index >= 15 is 0 Å². The second kappa shape index (κ2) is 10.9. The van der Waals surface area contributed by atoms with Crippen molar-refractivity contribution in [2.24, 2.45) is 5.73 Å². The summed E-state index contributed by atoms with van der Waals surface area (Å²) >= 11 is 12.6. The molecule has 0 radical (unpaired) electrons. The van der Waals surface area contributed by atoms with E-state index in [4.69, 9.17) is 33.7 Å². The van der Waals surface area contributed by atoms with Gasteiger partial charge in [0.2, 0.25) is 0 Å². The third kappa shape index (κ3) is 5.14. The van der Waals surface area contributed by atoms with Gasteiger partial charge in [-0.1, -0.05) is 47.5 Å². The lowest BCUT2D eigenvalue weighted by Crippen LogP contribution is -2.33. The van der Waals surface area contributed by atoms with Crippen molar-refractivity contribution in [3.05, 3.63) is 81.9 Å². The lowest BCUT2D eigenvalue weighted by Gasteiger charge is -2.20. The number of ether oxygens (including phenoxy) is 1. The van der Waals surface area contributed by atoms with Crippen LogP contribution < -0.4 is 11.1 Å². The Balaban J connectivity index is 1.50. The molecule has 5 rings (SSSR count). The van der Waals surface area contributed by atoms with E-state index in [0.717, 1.165) is 11.1 Å². The second-order valence-corrected chi connectivity index (χ2v) is 9.66. The summed E-state index contributed by atoms with van der Waals surface area (Å²) < 4.78 is 7.18. The van der Waals surface area contributed by atoms with Crippen molar-refractivity contribution in [3.63, 3.8) is 0 Å². The van der Waals surface area contributed by atoms with Crippen LogP contribution in [-0.2, 0) is 11.3 Å². The molecule has 6 N–H and O–H groups in total. The summed E-state index contributed by atoms with van der Waals surface area (Å²) in [6, 6.07) is 15.2. The van der Waals surface area contributed by atoms with Crippen LogP contribution in [0.2, 0.25) is 10.0 Å². The van der Waals surface area contributed by atoms with Crippen LogP contribution in [0.3, 0.4) is 0 Å². The number of aromatic nitrogens is 4. The molecule has 3 heterocycles. The van der Waals surface area contributed by atoms with E-state index in [9.17, 15) is 15.3 Å². The minimum absolute atomic E-state index is 0.0672. The number of nitrogens with zero attached hydrogens (tertiary/aromatic N) is 4. The van der Waals surface area contributed by atoms with Crippen molar-refractivity contribution < 1.29 is 20.1 Å². The molecule has 0 spiro atoms. The largest absolute Gasteiger partial charge is 0.394 e. The topological polar surface area (TPSA) is 152 Å². The third-order valence-corrected chi connectivity index (χ3v) is 6.89. The highest BCUT2D eigenvalue weighted by atomic mass is 35.5. The van der Waals surface area contributed by atoms with E-state index in [0.29, 0.717) is 39.4 Å². The van der Waals surface area contributed by atoms with Gasteiger partial charge in [0, 0.05) is 22.5 Å². The SMILES string of the molecule is NCc1nc(NCC(c2cccc(Cl)c2)c2cccc(Cl)c2)c2ncn(C3OC(CO)C(O)C3O)c2n1. The van der Waals surface area contributed by atoms with Gasteiger partial charge in [-0.2, -0.15) is 0 Å². The molecule has 194 valence electrons. The maximum atomic E-state index is 10.5. The molecular formula is C25H26Cl2N6O4. The summed E-state index contributed by atoms with van der Waals surface area (Å²) in [6.45, 7) is 0.0564. The molecule has 10 nitrogen and oxygen atoms in total. The first-order chi connectivity index (χ1) is 17.9. The van der Waals surface area contributed by atoms with Crippen molar-refractivity contribution in [2.45, 2.75) is 37.0 Å². The minimum Gasteiger partial charge on any atom is -0.394 e. The molecule has 0 saturated carbocycles. The van der Waals surface area contributed by atoms with Gasteiger partial charge in [-0.15, -0.1) is 0 Å². The van der Waals surface area contributed by atoms with Gasteiger partial charge >= 0.3 is 0 Å². The van der Waals surface area contributed by atoms with E-state index in [1.54, 1.807) is 0 Å². The molecule has 37 heavy (non-hydrogen) atoms. The average Bonchev–Trinajstić information content (AvgIpc) is 3.44. The van der Waals surface area contributed by atoms with Crippen LogP contribution in [0.4, 0.5) is 5.82 Å². The molecule has 0 bridgehead atoms. The Bertz CT molecular complexity index is 1360. The fourth-order valence-electron chi connectivity index (χ4n) is 4.55. The lowest BCUT2D eigenvalue weighted by molar-refractivity contribution is -0.0511. The van der Waals surface area contributed by atoms with E-state index in [1.807, 2.05) is 48.5 Å². The fourth-order valence-corrected chi connectivity index (χ4v) is 4.94. The summed E-state index contributed by atoms with van der Waals surface area (Å²) in [5.74, 6) is 0.682. The Hall–Kier alpha value is -2.83. The Kier molecular flexibility index (Phi) is 7.59. The number of hydrogen-bond donors (Lipinski definition) is 5. The van der Waals surface area contributed by atoms with Gasteiger partial charge in [0.1, 0.15) is 24.1 Å². The molecule has 1 fully saturated rings. The van der Waals surface area contributed by atoms with Gasteiger partial charge in [-0.05, 0) is 35.4 Å². The van der Waals surface area contributed by atoms with Crippen LogP contribution in [0.1, 0.15) is 29.1 Å². The average molecular weight is 545 g/mol. The van der Waals surface area contributed by atoms with Crippen LogP contribution in [0.5, 0.6) is 0 Å². The standard InChI is InChI=1S/C25H26Cl2N6O4/c26-15-5-1-3-13(7-15)17(14-4-2-6-16(27)8-14)10-29-23-20-24(32-19(9-28)31-23)33(12-30-20)25-22(36)21(35)18(11-34)37-25/h1-8,12,17-18,21-22,25,34-36H,9-11,28H2,(H,29,31,32). The summed E-state index contributed by atoms with van der Waals surface area (Å²) in [7, 11) is 0. The number of nitrogens with one attached hydrogen (secondary N) is 1. The number of rotatable bonds is 8. The molecular weight excluding hydrogens is 519 g/mol. The monoisotopic (exact) mass is 544 g/mol. The summed E-state index contributed by atoms with van der Waals surface area (Å²) in [5, 5.41) is 34.8. The zero-order chi connectivity index (χ0) is 26.1. The molecule has 4 aromatic rings. The number of hydrogen-bond acceptors (Lipinski definition) is 9. The number of imidazole rings is 1. The Labute approximate surface area is 222 Å². The number of fused-ring (bicyclic) bond motifs is 1. The normalized spacial score (nSPS) is 21.7. The van der Waals surface area contributed by atoms with Crippen LogP contribution >= 0.6 is 23.2 Å². The Morgan fingerprint density at radius 2 is 1.70 bits per heavy atom. The molecule has 12 heteroatoms. The second-order valence-electron chi connectivity index (χ2n) is 8.79. The van der Waals surface area contributed by atoms with Crippen molar-refractivity contribution in [1.29, 1.82) is 0 Å². The maximum absolute atomic E-state index is 10.5. The van der Waals surface area contributed by atoms with E-state index < -0.39 is 31.1 Å². The van der Waals surface area contributed by atoms with E-state index in [-0.39, 0.29) is 12.5 Å². The van der Waals surface area contributed by atoms with Gasteiger partial charge in [-0.3, -0.25) is 4.57 Å². The maximum Gasteiger partial charge on any atom is 0.168 e. The van der Waals surface area contributed by atoms with Gasteiger partial charge in [-0.25, -0.2) is 15.0 Å². The fraction of sp³-hybridized carbons (Fsp3) is 0.320. The molecule has 0 aliphatic carbocycles. The van der Waals surface area contributed by atoms with E-state index in [1.165, 1.54) is 10.9 Å².